The Labute approximate surface area is 248 Å². The van der Waals surface area contributed by atoms with Crippen LogP contribution >= 0.6 is 11.6 Å². The average molecular weight is 599 g/mol. The lowest BCUT2D eigenvalue weighted by atomic mass is 9.77. The highest BCUT2D eigenvalue weighted by molar-refractivity contribution is 6.34. The van der Waals surface area contributed by atoms with Crippen molar-refractivity contribution in [2.45, 2.75) is 50.2 Å². The number of amides is 1. The summed E-state index contributed by atoms with van der Waals surface area (Å²) in [5.74, 6) is -3.34. The summed E-state index contributed by atoms with van der Waals surface area (Å²) in [5, 5.41) is 3.27. The number of carbonyl (C=O) groups is 2. The normalized spacial score (nSPS) is 23.1. The number of nitrogens with two attached hydrogens (primary N) is 1. The van der Waals surface area contributed by atoms with Gasteiger partial charge in [0.2, 0.25) is 5.91 Å². The van der Waals surface area contributed by atoms with Crippen molar-refractivity contribution < 1.29 is 32.6 Å². The van der Waals surface area contributed by atoms with E-state index in [9.17, 15) is 9.59 Å². The summed E-state index contributed by atoms with van der Waals surface area (Å²) in [6.45, 7) is 2.25. The number of esters is 1. The first-order valence-electron chi connectivity index (χ1n) is 13.9. The van der Waals surface area contributed by atoms with Crippen LogP contribution in [0, 0.1) is 17.6 Å². The van der Waals surface area contributed by atoms with E-state index in [0.717, 1.165) is 18.4 Å². The van der Waals surface area contributed by atoms with Gasteiger partial charge >= 0.3 is 5.97 Å². The molecule has 1 amide bonds. The lowest BCUT2D eigenvalue weighted by Gasteiger charge is -2.37. The lowest BCUT2D eigenvalue weighted by molar-refractivity contribution is -0.146. The molecule has 3 aromatic rings. The van der Waals surface area contributed by atoms with Crippen LogP contribution in [-0.2, 0) is 15.1 Å². The number of nitrogens with one attached hydrogen (secondary N) is 1. The molecule has 5 rings (SSSR count). The summed E-state index contributed by atoms with van der Waals surface area (Å²) < 4.78 is 48.1. The van der Waals surface area contributed by atoms with Crippen LogP contribution in [0.2, 0.25) is 5.02 Å². The molecule has 0 spiro atoms. The zero-order chi connectivity index (χ0) is 30.2. The van der Waals surface area contributed by atoms with Crippen molar-refractivity contribution in [2.24, 2.45) is 11.7 Å². The minimum absolute atomic E-state index is 0.000703. The maximum atomic E-state index is 15.9. The maximum Gasteiger partial charge on any atom is 0.308 e. The number of hydrogen-bond donors (Lipinski definition) is 2. The van der Waals surface area contributed by atoms with Gasteiger partial charge in [-0.3, -0.25) is 9.59 Å². The van der Waals surface area contributed by atoms with Gasteiger partial charge in [-0.25, -0.2) is 8.78 Å². The van der Waals surface area contributed by atoms with Gasteiger partial charge in [0.25, 0.3) is 0 Å². The molecule has 2 aliphatic rings. The van der Waals surface area contributed by atoms with Crippen molar-refractivity contribution in [3.63, 3.8) is 0 Å². The van der Waals surface area contributed by atoms with E-state index in [-0.39, 0.29) is 51.1 Å². The van der Waals surface area contributed by atoms with Crippen LogP contribution in [0.5, 0.6) is 11.5 Å². The van der Waals surface area contributed by atoms with E-state index in [2.05, 4.69) is 5.32 Å². The Kier molecular flexibility index (Phi) is 8.44. The monoisotopic (exact) mass is 598 g/mol. The first-order valence-corrected chi connectivity index (χ1v) is 14.2. The van der Waals surface area contributed by atoms with E-state index >= 15 is 8.78 Å². The number of rotatable bonds is 8. The fourth-order valence-corrected chi connectivity index (χ4v) is 6.63. The first-order chi connectivity index (χ1) is 20.1. The highest BCUT2D eigenvalue weighted by Gasteiger charge is 2.50. The Morgan fingerprint density at radius 2 is 1.76 bits per heavy atom. The van der Waals surface area contributed by atoms with Crippen molar-refractivity contribution in [3.8, 4) is 22.6 Å². The van der Waals surface area contributed by atoms with Crippen molar-refractivity contribution in [1.82, 2.24) is 5.32 Å². The second-order valence-electron chi connectivity index (χ2n) is 10.9. The van der Waals surface area contributed by atoms with Crippen LogP contribution in [0.25, 0.3) is 11.1 Å². The number of halogens is 3. The lowest BCUT2D eigenvalue weighted by Crippen LogP contribution is -2.48. The summed E-state index contributed by atoms with van der Waals surface area (Å²) in [4.78, 5) is 24.5. The highest BCUT2D eigenvalue weighted by Crippen LogP contribution is 2.56. The van der Waals surface area contributed by atoms with Gasteiger partial charge in [-0.15, -0.1) is 0 Å². The Morgan fingerprint density at radius 1 is 1.07 bits per heavy atom. The zero-order valence-electron chi connectivity index (χ0n) is 23.6. The summed E-state index contributed by atoms with van der Waals surface area (Å²) in [6, 6.07) is 13.5. The molecule has 1 fully saturated rings. The number of fused-ring (bicyclic) bond motifs is 1. The Morgan fingerprint density at radius 3 is 2.38 bits per heavy atom. The van der Waals surface area contributed by atoms with Crippen LogP contribution < -0.4 is 20.5 Å². The molecule has 42 heavy (non-hydrogen) atoms. The van der Waals surface area contributed by atoms with E-state index in [1.165, 1.54) is 32.4 Å². The van der Waals surface area contributed by atoms with E-state index in [1.807, 2.05) is 37.3 Å². The molecule has 0 saturated heterocycles. The number of ether oxygens (including phenoxy) is 3. The van der Waals surface area contributed by atoms with Crippen LogP contribution in [0.15, 0.2) is 48.5 Å². The van der Waals surface area contributed by atoms with Crippen LogP contribution in [0.4, 0.5) is 8.78 Å². The molecule has 2 unspecified atom stereocenters. The SMILES string of the molecule is COC(=O)C1CCC(NCC2(c3ccccc3)Oc3cc(F)c(Cl)c(-c4c(C(N)=O)ccc(OC)c4F)c3C2C)CC1. The Bertz CT molecular complexity index is 1510. The molecular weight excluding hydrogens is 566 g/mol. The molecule has 3 N–H and O–H groups in total. The summed E-state index contributed by atoms with van der Waals surface area (Å²) in [7, 11) is 2.69. The van der Waals surface area contributed by atoms with Gasteiger partial charge in [-0.2, -0.15) is 0 Å². The summed E-state index contributed by atoms with van der Waals surface area (Å²) >= 11 is 6.57. The number of benzene rings is 3. The summed E-state index contributed by atoms with van der Waals surface area (Å²) in [5.41, 5.74) is 5.49. The van der Waals surface area contributed by atoms with Crippen LogP contribution in [0.3, 0.4) is 0 Å². The van der Waals surface area contributed by atoms with Gasteiger partial charge in [-0.05, 0) is 43.4 Å². The topological polar surface area (TPSA) is 99.9 Å². The third-order valence-corrected chi connectivity index (χ3v) is 9.04. The molecular formula is C32H33ClF2N2O5. The molecule has 1 aliphatic carbocycles. The van der Waals surface area contributed by atoms with Gasteiger partial charge in [-0.1, -0.05) is 48.9 Å². The maximum absolute atomic E-state index is 15.9. The molecule has 0 bridgehead atoms. The third kappa shape index (κ3) is 5.09. The molecule has 10 heteroatoms. The second-order valence-corrected chi connectivity index (χ2v) is 11.2. The molecule has 3 aromatic carbocycles. The van der Waals surface area contributed by atoms with Crippen molar-refractivity contribution >= 4 is 23.5 Å². The van der Waals surface area contributed by atoms with Crippen LogP contribution in [-0.4, -0.2) is 38.7 Å². The minimum atomic E-state index is -1.03. The Hall–Kier alpha value is -3.69. The molecule has 7 nitrogen and oxygen atoms in total. The van der Waals surface area contributed by atoms with E-state index in [0.29, 0.717) is 24.9 Å². The van der Waals surface area contributed by atoms with Gasteiger partial charge in [0.1, 0.15) is 11.6 Å². The van der Waals surface area contributed by atoms with Crippen LogP contribution in [0.1, 0.15) is 60.0 Å². The fraction of sp³-hybridized carbons (Fsp3) is 0.375. The summed E-state index contributed by atoms with van der Waals surface area (Å²) in [6.07, 6.45) is 2.95. The molecule has 1 heterocycles. The van der Waals surface area contributed by atoms with E-state index < -0.39 is 29.1 Å². The minimum Gasteiger partial charge on any atom is -0.494 e. The van der Waals surface area contributed by atoms with E-state index in [1.54, 1.807) is 0 Å². The quantitative estimate of drug-likeness (QED) is 0.304. The number of hydrogen-bond acceptors (Lipinski definition) is 6. The highest BCUT2D eigenvalue weighted by atomic mass is 35.5. The predicted molar refractivity (Wildman–Crippen MR) is 155 cm³/mol. The zero-order valence-corrected chi connectivity index (χ0v) is 24.4. The van der Waals surface area contributed by atoms with Crippen molar-refractivity contribution in [3.05, 3.63) is 81.9 Å². The second kappa shape index (κ2) is 11.9. The predicted octanol–water partition coefficient (Wildman–Crippen LogP) is 6.11. The Balaban J connectivity index is 1.60. The third-order valence-electron chi connectivity index (χ3n) is 8.67. The molecule has 0 aromatic heterocycles. The van der Waals surface area contributed by atoms with E-state index in [4.69, 9.17) is 31.5 Å². The smallest absolute Gasteiger partial charge is 0.308 e. The average Bonchev–Trinajstić information content (AvgIpc) is 3.28. The van der Waals surface area contributed by atoms with Gasteiger partial charge in [0.05, 0.1) is 30.7 Å². The number of primary amides is 1. The molecule has 0 radical (unpaired) electrons. The number of carbonyl (C=O) groups excluding carboxylic acids is 2. The van der Waals surface area contributed by atoms with Gasteiger partial charge in [0.15, 0.2) is 17.2 Å². The molecule has 2 atom stereocenters. The van der Waals surface area contributed by atoms with Crippen molar-refractivity contribution in [1.29, 1.82) is 0 Å². The standard InChI is InChI=1S/C32H33ClF2N2O5/c1-17-25-24(15-22(34)28(33)27(25)26-21(30(36)38)13-14-23(40-2)29(26)35)42-32(17,19-7-5-4-6-8-19)16-37-20-11-9-18(10-12-20)31(39)41-3/h4-8,13-15,17-18,20,37H,9-12,16H2,1-3H3,(H2,36,38). The van der Waals surface area contributed by atoms with Gasteiger partial charge < -0.3 is 25.3 Å². The molecule has 222 valence electrons. The first kappa shape index (κ1) is 29.8. The van der Waals surface area contributed by atoms with Gasteiger partial charge in [0, 0.05) is 41.3 Å². The molecule has 1 saturated carbocycles. The van der Waals surface area contributed by atoms with Crippen molar-refractivity contribution in [2.75, 3.05) is 20.8 Å². The molecule has 1 aliphatic heterocycles. The fourth-order valence-electron chi connectivity index (χ4n) is 6.37. The largest absolute Gasteiger partial charge is 0.494 e. The number of methoxy groups -OCH3 is 2.